The Morgan fingerprint density at radius 2 is 1.38 bits per heavy atom. The zero-order valence-corrected chi connectivity index (χ0v) is 16.5. The number of nitrogens with one attached hydrogen (secondary N) is 2. The molecule has 10 atom stereocenters. The van der Waals surface area contributed by atoms with Crippen LogP contribution >= 0.6 is 0 Å². The highest BCUT2D eigenvalue weighted by atomic mass is 16.7. The molecule has 2 fully saturated rings. The molecular formula is C17H30N2O10. The largest absolute Gasteiger partial charge is 0.394 e. The smallest absolute Gasteiger partial charge is 0.217 e. The standard InChI is InChI=1S/C17H30N2O10/c1-6-11(18-7(2)21)15(25)14(24)10(28-6)5-27-17-12(19-8(3)22)16(26)13(23)9(4-20)29-17/h6,9-17,20,23-26H,4-5H2,1-3H3,(H,18,21)(H,19,22)/t6-,9?,10?,11?,12?,13-,14-,15+,16+,17-/m0/s1. The number of amides is 2. The van der Waals surface area contributed by atoms with E-state index < -0.39 is 73.6 Å². The van der Waals surface area contributed by atoms with Crippen LogP contribution < -0.4 is 10.6 Å². The van der Waals surface area contributed by atoms with Gasteiger partial charge in [-0.3, -0.25) is 9.59 Å². The zero-order chi connectivity index (χ0) is 21.9. The summed E-state index contributed by atoms with van der Waals surface area (Å²) in [6.45, 7) is 3.21. The number of carbonyl (C=O) groups excluding carboxylic acids is 2. The Kier molecular flexibility index (Phi) is 8.31. The van der Waals surface area contributed by atoms with Gasteiger partial charge in [-0.25, -0.2) is 0 Å². The molecule has 0 aromatic heterocycles. The first-order valence-electron chi connectivity index (χ1n) is 9.36. The average molecular weight is 422 g/mol. The molecule has 2 rings (SSSR count). The summed E-state index contributed by atoms with van der Waals surface area (Å²) in [6.07, 6.45) is -9.67. The Labute approximate surface area is 167 Å². The Morgan fingerprint density at radius 1 is 0.862 bits per heavy atom. The second-order valence-corrected chi connectivity index (χ2v) is 7.35. The Morgan fingerprint density at radius 3 is 1.93 bits per heavy atom. The van der Waals surface area contributed by atoms with E-state index in [0.717, 1.165) is 0 Å². The average Bonchev–Trinajstić information content (AvgIpc) is 2.65. The fourth-order valence-corrected chi connectivity index (χ4v) is 3.53. The van der Waals surface area contributed by atoms with Crippen molar-refractivity contribution in [2.75, 3.05) is 13.2 Å². The minimum atomic E-state index is -1.47. The van der Waals surface area contributed by atoms with E-state index in [-0.39, 0.29) is 12.5 Å². The molecule has 2 heterocycles. The summed E-state index contributed by atoms with van der Waals surface area (Å²) in [4.78, 5) is 22.7. The van der Waals surface area contributed by atoms with Crippen molar-refractivity contribution in [1.82, 2.24) is 10.6 Å². The van der Waals surface area contributed by atoms with Crippen LogP contribution in [-0.2, 0) is 23.8 Å². The fourth-order valence-electron chi connectivity index (χ4n) is 3.53. The van der Waals surface area contributed by atoms with Gasteiger partial charge in [0.15, 0.2) is 6.29 Å². The lowest BCUT2D eigenvalue weighted by atomic mass is 9.93. The summed E-state index contributed by atoms with van der Waals surface area (Å²) < 4.78 is 16.6. The van der Waals surface area contributed by atoms with Gasteiger partial charge in [0.2, 0.25) is 11.8 Å². The van der Waals surface area contributed by atoms with Crippen molar-refractivity contribution in [3.8, 4) is 0 Å². The van der Waals surface area contributed by atoms with Crippen LogP contribution in [0.25, 0.3) is 0 Å². The summed E-state index contributed by atoms with van der Waals surface area (Å²) in [5, 5.41) is 55.1. The molecule has 0 radical (unpaired) electrons. The molecule has 4 unspecified atom stereocenters. The molecule has 0 saturated carbocycles. The van der Waals surface area contributed by atoms with Crippen molar-refractivity contribution >= 4 is 11.8 Å². The number of hydrogen-bond acceptors (Lipinski definition) is 10. The number of carbonyl (C=O) groups is 2. The van der Waals surface area contributed by atoms with E-state index in [4.69, 9.17) is 14.2 Å². The summed E-state index contributed by atoms with van der Waals surface area (Å²) in [5.41, 5.74) is 0. The van der Waals surface area contributed by atoms with Gasteiger partial charge in [0.1, 0.15) is 42.7 Å². The lowest BCUT2D eigenvalue weighted by Gasteiger charge is -2.44. The number of aliphatic hydroxyl groups is 5. The van der Waals surface area contributed by atoms with Crippen molar-refractivity contribution in [2.45, 2.75) is 81.9 Å². The van der Waals surface area contributed by atoms with Gasteiger partial charge in [-0.1, -0.05) is 0 Å². The van der Waals surface area contributed by atoms with Crippen LogP contribution in [-0.4, -0.2) is 112 Å². The van der Waals surface area contributed by atoms with Gasteiger partial charge in [0, 0.05) is 13.8 Å². The second-order valence-electron chi connectivity index (χ2n) is 7.35. The zero-order valence-electron chi connectivity index (χ0n) is 16.5. The molecule has 12 nitrogen and oxygen atoms in total. The second kappa shape index (κ2) is 10.1. The highest BCUT2D eigenvalue weighted by Gasteiger charge is 2.47. The minimum absolute atomic E-state index is 0.295. The molecule has 7 N–H and O–H groups in total. The van der Waals surface area contributed by atoms with E-state index >= 15 is 0 Å². The molecule has 0 aromatic carbocycles. The summed E-state index contributed by atoms with van der Waals surface area (Å²) in [7, 11) is 0. The van der Waals surface area contributed by atoms with Crippen molar-refractivity contribution < 1.29 is 49.3 Å². The molecule has 29 heavy (non-hydrogen) atoms. The molecule has 0 aromatic rings. The molecule has 0 spiro atoms. The van der Waals surface area contributed by atoms with E-state index in [0.29, 0.717) is 0 Å². The van der Waals surface area contributed by atoms with E-state index in [9.17, 15) is 35.1 Å². The van der Waals surface area contributed by atoms with Gasteiger partial charge in [0.05, 0.1) is 25.4 Å². The van der Waals surface area contributed by atoms with Crippen LogP contribution in [0.2, 0.25) is 0 Å². The predicted molar refractivity (Wildman–Crippen MR) is 95.3 cm³/mol. The van der Waals surface area contributed by atoms with Gasteiger partial charge >= 0.3 is 0 Å². The van der Waals surface area contributed by atoms with Crippen molar-refractivity contribution in [3.63, 3.8) is 0 Å². The lowest BCUT2D eigenvalue weighted by Crippen LogP contribution is -2.66. The van der Waals surface area contributed by atoms with Crippen LogP contribution in [0.3, 0.4) is 0 Å². The molecular weight excluding hydrogens is 392 g/mol. The number of rotatable bonds is 6. The molecule has 0 aliphatic carbocycles. The molecule has 2 amide bonds. The van der Waals surface area contributed by atoms with Crippen molar-refractivity contribution in [1.29, 1.82) is 0 Å². The van der Waals surface area contributed by atoms with E-state index in [1.165, 1.54) is 13.8 Å². The monoisotopic (exact) mass is 422 g/mol. The molecule has 0 bridgehead atoms. The van der Waals surface area contributed by atoms with Gasteiger partial charge in [-0.05, 0) is 6.92 Å². The molecule has 2 aliphatic rings. The quantitative estimate of drug-likeness (QED) is 0.222. The Hall–Kier alpha value is -1.38. The highest BCUT2D eigenvalue weighted by Crippen LogP contribution is 2.25. The Bertz CT molecular complexity index is 578. The van der Waals surface area contributed by atoms with Crippen LogP contribution in [0.1, 0.15) is 20.8 Å². The van der Waals surface area contributed by atoms with E-state index in [1.807, 2.05) is 0 Å². The minimum Gasteiger partial charge on any atom is -0.394 e. The van der Waals surface area contributed by atoms with Crippen LogP contribution in [0, 0.1) is 0 Å². The fraction of sp³-hybridized carbons (Fsp3) is 0.882. The predicted octanol–water partition coefficient (Wildman–Crippen LogP) is -4.04. The summed E-state index contributed by atoms with van der Waals surface area (Å²) in [6, 6.07) is -1.95. The highest BCUT2D eigenvalue weighted by molar-refractivity contribution is 5.73. The van der Waals surface area contributed by atoms with Gasteiger partial charge in [-0.2, -0.15) is 0 Å². The van der Waals surface area contributed by atoms with Crippen molar-refractivity contribution in [3.05, 3.63) is 0 Å². The van der Waals surface area contributed by atoms with Crippen LogP contribution in [0.5, 0.6) is 0 Å². The summed E-state index contributed by atoms with van der Waals surface area (Å²) in [5.74, 6) is -0.889. The maximum atomic E-state index is 11.4. The third-order valence-electron chi connectivity index (χ3n) is 5.04. The van der Waals surface area contributed by atoms with Crippen LogP contribution in [0.4, 0.5) is 0 Å². The first kappa shape index (κ1) is 23.9. The SMILES string of the molecule is CC(=O)NC1[C@@H](OCC2O[C@@H](C)C(NC(C)=O)[C@@H](O)[C@H]2O)OC(CO)[C@H](O)[C@@H]1O. The number of ether oxygens (including phenoxy) is 3. The maximum Gasteiger partial charge on any atom is 0.217 e. The molecule has 168 valence electrons. The molecule has 2 aliphatic heterocycles. The van der Waals surface area contributed by atoms with Gasteiger partial charge < -0.3 is 50.4 Å². The van der Waals surface area contributed by atoms with Crippen LogP contribution in [0.15, 0.2) is 0 Å². The first-order valence-corrected chi connectivity index (χ1v) is 9.36. The van der Waals surface area contributed by atoms with Crippen molar-refractivity contribution in [2.24, 2.45) is 0 Å². The summed E-state index contributed by atoms with van der Waals surface area (Å²) >= 11 is 0. The molecule has 2 saturated heterocycles. The third kappa shape index (κ3) is 5.61. The van der Waals surface area contributed by atoms with E-state index in [2.05, 4.69) is 10.6 Å². The maximum absolute atomic E-state index is 11.4. The molecule has 12 heteroatoms. The topological polar surface area (TPSA) is 187 Å². The Balaban J connectivity index is 2.05. The van der Waals surface area contributed by atoms with Gasteiger partial charge in [0.25, 0.3) is 0 Å². The first-order chi connectivity index (χ1) is 13.6. The third-order valence-corrected chi connectivity index (χ3v) is 5.04. The van der Waals surface area contributed by atoms with E-state index in [1.54, 1.807) is 6.92 Å². The lowest BCUT2D eigenvalue weighted by molar-refractivity contribution is -0.284. The normalized spacial score (nSPS) is 42.9. The number of aliphatic hydroxyl groups excluding tert-OH is 5. The van der Waals surface area contributed by atoms with Gasteiger partial charge in [-0.15, -0.1) is 0 Å². The number of hydrogen-bond donors (Lipinski definition) is 7.